The van der Waals surface area contributed by atoms with Crippen molar-refractivity contribution in [1.29, 1.82) is 0 Å². The highest BCUT2D eigenvalue weighted by Gasteiger charge is 2.23. The molecule has 0 aliphatic carbocycles. The lowest BCUT2D eigenvalue weighted by molar-refractivity contribution is 0.0659. The number of likely N-dealkylation sites (N-methyl/N-ethyl adjacent to an activating group) is 1. The Kier molecular flexibility index (Phi) is 11.7. The van der Waals surface area contributed by atoms with Crippen LogP contribution in [0.25, 0.3) is 0 Å². The van der Waals surface area contributed by atoms with E-state index in [-0.39, 0.29) is 5.91 Å². The Morgan fingerprint density at radius 2 is 1.52 bits per heavy atom. The molecule has 29 heavy (non-hydrogen) atoms. The average Bonchev–Trinajstić information content (AvgIpc) is 2.73. The quantitative estimate of drug-likeness (QED) is 0.327. The smallest absolute Gasteiger partial charge is 0.257 e. The molecule has 1 aliphatic rings. The van der Waals surface area contributed by atoms with Crippen LogP contribution in [-0.2, 0) is 0 Å². The van der Waals surface area contributed by atoms with Gasteiger partial charge in [0.05, 0.1) is 12.2 Å². The summed E-state index contributed by atoms with van der Waals surface area (Å²) in [5, 5.41) is 0. The number of rotatable bonds is 13. The van der Waals surface area contributed by atoms with Gasteiger partial charge in [-0.3, -0.25) is 4.79 Å². The third-order valence-electron chi connectivity index (χ3n) is 5.72. The predicted molar refractivity (Wildman–Crippen MR) is 125 cm³/mol. The van der Waals surface area contributed by atoms with E-state index < -0.39 is 0 Å². The van der Waals surface area contributed by atoms with Crippen molar-refractivity contribution in [1.82, 2.24) is 9.80 Å². The number of benzene rings is 1. The Balaban J connectivity index is 1.69. The molecule has 0 spiro atoms. The fraction of sp³-hybridized carbons (Fsp3) is 0.708. The monoisotopic (exact) mass is 466 g/mol. The standard InChI is InChI=1S/C24H39BrN2O2/c1-3-4-5-6-7-8-9-10-11-12-19-29-23-14-13-21(25)20-22(23)24(28)27-17-15-26(2)16-18-27/h13-14,20H,3-12,15-19H2,1-2H3. The number of hydrogen-bond acceptors (Lipinski definition) is 3. The van der Waals surface area contributed by atoms with E-state index in [0.29, 0.717) is 17.9 Å². The van der Waals surface area contributed by atoms with Gasteiger partial charge in [-0.25, -0.2) is 0 Å². The molecule has 164 valence electrons. The Morgan fingerprint density at radius 3 is 2.14 bits per heavy atom. The molecule has 0 unspecified atom stereocenters. The van der Waals surface area contributed by atoms with Crippen LogP contribution in [0.15, 0.2) is 22.7 Å². The minimum Gasteiger partial charge on any atom is -0.493 e. The van der Waals surface area contributed by atoms with Gasteiger partial charge in [0.25, 0.3) is 5.91 Å². The fourth-order valence-corrected chi connectivity index (χ4v) is 4.11. The van der Waals surface area contributed by atoms with E-state index in [9.17, 15) is 4.79 Å². The number of ether oxygens (including phenoxy) is 1. The summed E-state index contributed by atoms with van der Waals surface area (Å²) in [5.74, 6) is 0.797. The largest absolute Gasteiger partial charge is 0.493 e. The maximum atomic E-state index is 13.0. The Bertz CT molecular complexity index is 601. The average molecular weight is 467 g/mol. The highest BCUT2D eigenvalue weighted by molar-refractivity contribution is 9.10. The van der Waals surface area contributed by atoms with Gasteiger partial charge >= 0.3 is 0 Å². The molecule has 1 aliphatic heterocycles. The van der Waals surface area contributed by atoms with Crippen LogP contribution in [0.4, 0.5) is 0 Å². The van der Waals surface area contributed by atoms with Crippen LogP contribution in [0.5, 0.6) is 5.75 Å². The molecule has 0 radical (unpaired) electrons. The molecule has 0 atom stereocenters. The lowest BCUT2D eigenvalue weighted by Gasteiger charge is -2.32. The van der Waals surface area contributed by atoms with E-state index in [2.05, 4.69) is 34.8 Å². The number of carbonyl (C=O) groups excluding carboxylic acids is 1. The third kappa shape index (κ3) is 9.08. The maximum absolute atomic E-state index is 13.0. The van der Waals surface area contributed by atoms with E-state index in [1.165, 1.54) is 57.8 Å². The number of halogens is 1. The van der Waals surface area contributed by atoms with Crippen LogP contribution in [0.3, 0.4) is 0 Å². The summed E-state index contributed by atoms with van der Waals surface area (Å²) in [6, 6.07) is 5.77. The molecule has 4 nitrogen and oxygen atoms in total. The number of carbonyl (C=O) groups is 1. The number of nitrogens with zero attached hydrogens (tertiary/aromatic N) is 2. The second-order valence-corrected chi connectivity index (χ2v) is 9.18. The van der Waals surface area contributed by atoms with Crippen molar-refractivity contribution in [3.8, 4) is 5.75 Å². The van der Waals surface area contributed by atoms with E-state index in [0.717, 1.165) is 37.1 Å². The zero-order chi connectivity index (χ0) is 20.9. The highest BCUT2D eigenvalue weighted by Crippen LogP contribution is 2.25. The molecule has 1 heterocycles. The van der Waals surface area contributed by atoms with Crippen LogP contribution >= 0.6 is 15.9 Å². The zero-order valence-electron chi connectivity index (χ0n) is 18.4. The molecular weight excluding hydrogens is 428 g/mol. The van der Waals surface area contributed by atoms with E-state index in [4.69, 9.17) is 4.74 Å². The minimum atomic E-state index is 0.0810. The van der Waals surface area contributed by atoms with Crippen LogP contribution in [0.2, 0.25) is 0 Å². The van der Waals surface area contributed by atoms with E-state index >= 15 is 0 Å². The summed E-state index contributed by atoms with van der Waals surface area (Å²) in [5.41, 5.74) is 0.677. The van der Waals surface area contributed by atoms with E-state index in [1.807, 2.05) is 23.1 Å². The van der Waals surface area contributed by atoms with Crippen LogP contribution in [0, 0.1) is 0 Å². The molecule has 1 fully saturated rings. The van der Waals surface area contributed by atoms with Crippen molar-refractivity contribution in [2.45, 2.75) is 71.1 Å². The van der Waals surface area contributed by atoms with Gasteiger partial charge in [-0.15, -0.1) is 0 Å². The summed E-state index contributed by atoms with van der Waals surface area (Å²) < 4.78 is 6.94. The van der Waals surface area contributed by atoms with Gasteiger partial charge in [0.15, 0.2) is 0 Å². The molecule has 0 bridgehead atoms. The Labute approximate surface area is 186 Å². The SMILES string of the molecule is CCCCCCCCCCCCOc1ccc(Br)cc1C(=O)N1CCN(C)CC1. The van der Waals surface area contributed by atoms with Gasteiger partial charge in [0.2, 0.25) is 0 Å². The third-order valence-corrected chi connectivity index (χ3v) is 6.21. The summed E-state index contributed by atoms with van der Waals surface area (Å²) in [4.78, 5) is 17.2. The topological polar surface area (TPSA) is 32.8 Å². The van der Waals surface area contributed by atoms with E-state index in [1.54, 1.807) is 0 Å². The second kappa shape index (κ2) is 14.0. The normalized spacial score (nSPS) is 14.9. The highest BCUT2D eigenvalue weighted by atomic mass is 79.9. The second-order valence-electron chi connectivity index (χ2n) is 8.27. The molecule has 1 saturated heterocycles. The van der Waals surface area contributed by atoms with Gasteiger partial charge < -0.3 is 14.5 Å². The first-order valence-corrected chi connectivity index (χ1v) is 12.3. The molecule has 2 rings (SSSR count). The number of amides is 1. The minimum absolute atomic E-state index is 0.0810. The lowest BCUT2D eigenvalue weighted by atomic mass is 10.1. The molecule has 5 heteroatoms. The lowest BCUT2D eigenvalue weighted by Crippen LogP contribution is -2.47. The first kappa shape index (κ1) is 24.2. The van der Waals surface area contributed by atoms with Gasteiger partial charge in [-0.1, -0.05) is 80.6 Å². The van der Waals surface area contributed by atoms with Crippen molar-refractivity contribution < 1.29 is 9.53 Å². The van der Waals surface area contributed by atoms with Gasteiger partial charge in [0.1, 0.15) is 5.75 Å². The fourth-order valence-electron chi connectivity index (χ4n) is 3.75. The maximum Gasteiger partial charge on any atom is 0.257 e. The van der Waals surface area contributed by atoms with Crippen molar-refractivity contribution >= 4 is 21.8 Å². The van der Waals surface area contributed by atoms with Crippen LogP contribution in [-0.4, -0.2) is 55.5 Å². The van der Waals surface area contributed by atoms with Gasteiger partial charge in [0, 0.05) is 30.7 Å². The van der Waals surface area contributed by atoms with Crippen molar-refractivity contribution in [3.05, 3.63) is 28.2 Å². The number of unbranched alkanes of at least 4 members (excludes halogenated alkanes) is 9. The summed E-state index contributed by atoms with van der Waals surface area (Å²) in [6.45, 7) is 6.35. The summed E-state index contributed by atoms with van der Waals surface area (Å²) in [7, 11) is 2.10. The van der Waals surface area contributed by atoms with Crippen molar-refractivity contribution in [2.75, 3.05) is 39.8 Å². The molecule has 0 saturated carbocycles. The van der Waals surface area contributed by atoms with Crippen molar-refractivity contribution in [3.63, 3.8) is 0 Å². The Hall–Kier alpha value is -1.07. The zero-order valence-corrected chi connectivity index (χ0v) is 20.0. The van der Waals surface area contributed by atoms with Crippen LogP contribution in [0.1, 0.15) is 81.5 Å². The Morgan fingerprint density at radius 1 is 0.931 bits per heavy atom. The van der Waals surface area contributed by atoms with Crippen LogP contribution < -0.4 is 4.74 Å². The summed E-state index contributed by atoms with van der Waals surface area (Å²) >= 11 is 3.50. The molecule has 0 aromatic heterocycles. The molecule has 1 amide bonds. The first-order valence-electron chi connectivity index (χ1n) is 11.5. The molecule has 1 aromatic carbocycles. The van der Waals surface area contributed by atoms with Gasteiger partial charge in [-0.05, 0) is 31.7 Å². The number of hydrogen-bond donors (Lipinski definition) is 0. The van der Waals surface area contributed by atoms with Gasteiger partial charge in [-0.2, -0.15) is 0 Å². The predicted octanol–water partition coefficient (Wildman–Crippen LogP) is 6.14. The first-order chi connectivity index (χ1) is 14.1. The molecule has 1 aromatic rings. The number of piperazine rings is 1. The molecular formula is C24H39BrN2O2. The molecule has 0 N–H and O–H groups in total. The summed E-state index contributed by atoms with van der Waals surface area (Å²) in [6.07, 6.45) is 13.1. The van der Waals surface area contributed by atoms with Crippen molar-refractivity contribution in [2.24, 2.45) is 0 Å².